The minimum atomic E-state index is -0.0539. The molecule has 0 radical (unpaired) electrons. The lowest BCUT2D eigenvalue weighted by Gasteiger charge is -2.11. The van der Waals surface area contributed by atoms with Crippen molar-refractivity contribution in [1.82, 2.24) is 5.32 Å². The Kier molecular flexibility index (Phi) is 5.04. The molecule has 0 spiro atoms. The van der Waals surface area contributed by atoms with Crippen molar-refractivity contribution >= 4 is 12.0 Å². The lowest BCUT2D eigenvalue weighted by atomic mass is 10.1. The third-order valence-electron chi connectivity index (χ3n) is 3.55. The number of hydrogen-bond donors (Lipinski definition) is 1. The van der Waals surface area contributed by atoms with Crippen LogP contribution < -0.4 is 14.8 Å². The summed E-state index contributed by atoms with van der Waals surface area (Å²) in [6.07, 6.45) is 7.89. The second-order valence-corrected chi connectivity index (χ2v) is 4.91. The Morgan fingerprint density at radius 2 is 2.00 bits per heavy atom. The van der Waals surface area contributed by atoms with Gasteiger partial charge in [0.05, 0.1) is 14.2 Å². The SMILES string of the molecule is COc1cccc(C=CC(=O)NC2CCCC2)c1OC. The van der Waals surface area contributed by atoms with Crippen molar-refractivity contribution in [3.8, 4) is 11.5 Å². The van der Waals surface area contributed by atoms with Crippen LogP contribution in [0.15, 0.2) is 24.3 Å². The monoisotopic (exact) mass is 275 g/mol. The van der Waals surface area contributed by atoms with Crippen LogP contribution in [0.3, 0.4) is 0 Å². The van der Waals surface area contributed by atoms with Crippen LogP contribution in [0.2, 0.25) is 0 Å². The first-order valence-corrected chi connectivity index (χ1v) is 6.94. The molecular formula is C16H21NO3. The smallest absolute Gasteiger partial charge is 0.244 e. The van der Waals surface area contributed by atoms with Gasteiger partial charge in [-0.25, -0.2) is 0 Å². The molecule has 1 aromatic carbocycles. The molecule has 1 saturated carbocycles. The Balaban J connectivity index is 2.04. The predicted octanol–water partition coefficient (Wildman–Crippen LogP) is 2.78. The summed E-state index contributed by atoms with van der Waals surface area (Å²) in [6.45, 7) is 0. The summed E-state index contributed by atoms with van der Waals surface area (Å²) in [7, 11) is 3.19. The van der Waals surface area contributed by atoms with Crippen LogP contribution in [0.25, 0.3) is 6.08 Å². The van der Waals surface area contributed by atoms with Crippen molar-refractivity contribution in [3.05, 3.63) is 29.8 Å². The summed E-state index contributed by atoms with van der Waals surface area (Å²) in [5.74, 6) is 1.24. The van der Waals surface area contributed by atoms with Gasteiger partial charge in [0.1, 0.15) is 0 Å². The quantitative estimate of drug-likeness (QED) is 0.841. The number of benzene rings is 1. The first-order chi connectivity index (χ1) is 9.74. The van der Waals surface area contributed by atoms with Gasteiger partial charge in [-0.05, 0) is 25.0 Å². The van der Waals surface area contributed by atoms with Crippen molar-refractivity contribution in [1.29, 1.82) is 0 Å². The van der Waals surface area contributed by atoms with Crippen LogP contribution in [0, 0.1) is 0 Å². The van der Waals surface area contributed by atoms with Crippen molar-refractivity contribution in [3.63, 3.8) is 0 Å². The molecule has 0 saturated heterocycles. The standard InChI is InChI=1S/C16H21NO3/c1-19-14-9-5-6-12(16(14)20-2)10-11-15(18)17-13-7-3-4-8-13/h5-6,9-11,13H,3-4,7-8H2,1-2H3,(H,17,18). The Labute approximate surface area is 119 Å². The summed E-state index contributed by atoms with van der Waals surface area (Å²) < 4.78 is 10.6. The highest BCUT2D eigenvalue weighted by Crippen LogP contribution is 2.31. The number of rotatable bonds is 5. The zero-order valence-electron chi connectivity index (χ0n) is 12.0. The molecule has 1 aliphatic rings. The van der Waals surface area contributed by atoms with Crippen molar-refractivity contribution < 1.29 is 14.3 Å². The van der Waals surface area contributed by atoms with Crippen molar-refractivity contribution in [2.75, 3.05) is 14.2 Å². The number of hydrogen-bond acceptors (Lipinski definition) is 3. The molecule has 0 unspecified atom stereocenters. The lowest BCUT2D eigenvalue weighted by Crippen LogP contribution is -2.30. The van der Waals surface area contributed by atoms with Crippen LogP contribution in [0.1, 0.15) is 31.2 Å². The van der Waals surface area contributed by atoms with E-state index in [1.165, 1.54) is 12.8 Å². The highest BCUT2D eigenvalue weighted by Gasteiger charge is 2.15. The van der Waals surface area contributed by atoms with Gasteiger partial charge in [0.2, 0.25) is 5.91 Å². The van der Waals surface area contributed by atoms with E-state index in [-0.39, 0.29) is 5.91 Å². The van der Waals surface area contributed by atoms with E-state index in [9.17, 15) is 4.79 Å². The number of carbonyl (C=O) groups is 1. The van der Waals surface area contributed by atoms with Gasteiger partial charge in [0.15, 0.2) is 11.5 Å². The van der Waals surface area contributed by atoms with E-state index in [2.05, 4.69) is 5.32 Å². The second kappa shape index (κ2) is 6.98. The molecular weight excluding hydrogens is 254 g/mol. The summed E-state index contributed by atoms with van der Waals surface area (Å²) in [5, 5.41) is 3.02. The molecule has 4 nitrogen and oxygen atoms in total. The molecule has 0 aromatic heterocycles. The zero-order valence-corrected chi connectivity index (χ0v) is 12.0. The maximum absolute atomic E-state index is 11.9. The molecule has 0 atom stereocenters. The Morgan fingerprint density at radius 1 is 1.25 bits per heavy atom. The summed E-state index contributed by atoms with van der Waals surface area (Å²) >= 11 is 0. The van der Waals surface area contributed by atoms with E-state index in [1.807, 2.05) is 18.2 Å². The summed E-state index contributed by atoms with van der Waals surface area (Å²) in [4.78, 5) is 11.9. The Hall–Kier alpha value is -1.97. The van der Waals surface area contributed by atoms with Gasteiger partial charge in [-0.3, -0.25) is 4.79 Å². The molecule has 0 aliphatic heterocycles. The van der Waals surface area contributed by atoms with Gasteiger partial charge in [0.25, 0.3) is 0 Å². The fraction of sp³-hybridized carbons (Fsp3) is 0.438. The highest BCUT2D eigenvalue weighted by atomic mass is 16.5. The number of amides is 1. The zero-order chi connectivity index (χ0) is 14.4. The first-order valence-electron chi connectivity index (χ1n) is 6.94. The third kappa shape index (κ3) is 3.53. The molecule has 0 bridgehead atoms. The molecule has 1 N–H and O–H groups in total. The van der Waals surface area contributed by atoms with Gasteiger partial charge in [-0.15, -0.1) is 0 Å². The average Bonchev–Trinajstić information content (AvgIpc) is 2.97. The molecule has 1 aromatic rings. The van der Waals surface area contributed by atoms with E-state index in [1.54, 1.807) is 26.4 Å². The number of carbonyl (C=O) groups excluding carboxylic acids is 1. The fourth-order valence-electron chi connectivity index (χ4n) is 2.53. The minimum Gasteiger partial charge on any atom is -0.493 e. The van der Waals surface area contributed by atoms with Gasteiger partial charge >= 0.3 is 0 Å². The molecule has 1 fully saturated rings. The number of para-hydroxylation sites is 1. The Bertz CT molecular complexity index is 490. The third-order valence-corrected chi connectivity index (χ3v) is 3.55. The number of ether oxygens (including phenoxy) is 2. The van der Waals surface area contributed by atoms with Crippen LogP contribution in [0.5, 0.6) is 11.5 Å². The highest BCUT2D eigenvalue weighted by molar-refractivity contribution is 5.92. The molecule has 108 valence electrons. The van der Waals surface area contributed by atoms with E-state index in [4.69, 9.17) is 9.47 Å². The van der Waals surface area contributed by atoms with E-state index >= 15 is 0 Å². The van der Waals surface area contributed by atoms with Crippen LogP contribution in [-0.4, -0.2) is 26.2 Å². The molecule has 1 aliphatic carbocycles. The van der Waals surface area contributed by atoms with Crippen LogP contribution >= 0.6 is 0 Å². The van der Waals surface area contributed by atoms with E-state index in [0.717, 1.165) is 18.4 Å². The fourth-order valence-corrected chi connectivity index (χ4v) is 2.53. The van der Waals surface area contributed by atoms with Crippen molar-refractivity contribution in [2.24, 2.45) is 0 Å². The van der Waals surface area contributed by atoms with Crippen molar-refractivity contribution in [2.45, 2.75) is 31.7 Å². The lowest BCUT2D eigenvalue weighted by molar-refractivity contribution is -0.117. The molecule has 20 heavy (non-hydrogen) atoms. The molecule has 1 amide bonds. The van der Waals surface area contributed by atoms with Crippen LogP contribution in [0.4, 0.5) is 0 Å². The second-order valence-electron chi connectivity index (χ2n) is 4.91. The molecule has 0 heterocycles. The van der Waals surface area contributed by atoms with Gasteiger partial charge < -0.3 is 14.8 Å². The number of nitrogens with one attached hydrogen (secondary N) is 1. The normalized spacial score (nSPS) is 15.5. The maximum atomic E-state index is 11.9. The van der Waals surface area contributed by atoms with Gasteiger partial charge in [-0.1, -0.05) is 25.0 Å². The number of methoxy groups -OCH3 is 2. The summed E-state index contributed by atoms with van der Waals surface area (Å²) in [6, 6.07) is 5.92. The Morgan fingerprint density at radius 3 is 2.65 bits per heavy atom. The molecule has 2 rings (SSSR count). The topological polar surface area (TPSA) is 47.6 Å². The van der Waals surface area contributed by atoms with E-state index < -0.39 is 0 Å². The molecule has 4 heteroatoms. The largest absolute Gasteiger partial charge is 0.493 e. The van der Waals surface area contributed by atoms with Crippen LogP contribution in [-0.2, 0) is 4.79 Å². The summed E-state index contributed by atoms with van der Waals surface area (Å²) in [5.41, 5.74) is 0.827. The van der Waals surface area contributed by atoms with E-state index in [0.29, 0.717) is 17.5 Å². The van der Waals surface area contributed by atoms with Gasteiger partial charge in [0, 0.05) is 17.7 Å². The average molecular weight is 275 g/mol. The first kappa shape index (κ1) is 14.4. The van der Waals surface area contributed by atoms with Gasteiger partial charge in [-0.2, -0.15) is 0 Å². The predicted molar refractivity (Wildman–Crippen MR) is 79.0 cm³/mol. The maximum Gasteiger partial charge on any atom is 0.244 e. The minimum absolute atomic E-state index is 0.0539.